The van der Waals surface area contributed by atoms with Crippen LogP contribution in [0.25, 0.3) is 0 Å². The molecule has 0 saturated heterocycles. The Morgan fingerprint density at radius 3 is 1.58 bits per heavy atom. The van der Waals surface area contributed by atoms with Crippen LogP contribution in [0, 0.1) is 0 Å². The van der Waals surface area contributed by atoms with E-state index in [-0.39, 0.29) is 39.8 Å². The van der Waals surface area contributed by atoms with Gasteiger partial charge in [0.05, 0.1) is 22.5 Å². The van der Waals surface area contributed by atoms with E-state index >= 15 is 0 Å². The Kier molecular flexibility index (Phi) is 8.10. The van der Waals surface area contributed by atoms with E-state index in [0.717, 1.165) is 0 Å². The minimum absolute atomic E-state index is 0.0382. The largest absolute Gasteiger partial charge is 0.496 e. The number of rotatable bonds is 9. The second-order valence-corrected chi connectivity index (χ2v) is 10.8. The maximum Gasteiger partial charge on any atom is 0.255 e. The number of primary sulfonamides is 2. The van der Waals surface area contributed by atoms with Crippen molar-refractivity contribution < 1.29 is 31.2 Å². The van der Waals surface area contributed by atoms with Gasteiger partial charge in [-0.2, -0.15) is 0 Å². The molecule has 0 atom stereocenters. The van der Waals surface area contributed by atoms with Crippen molar-refractivity contribution in [3.63, 3.8) is 0 Å². The summed E-state index contributed by atoms with van der Waals surface area (Å²) in [5, 5.41) is 15.6. The summed E-state index contributed by atoms with van der Waals surface area (Å²) in [6.07, 6.45) is 0. The summed E-state index contributed by atoms with van der Waals surface area (Å²) in [6.45, 7) is 0.212. The van der Waals surface area contributed by atoms with Gasteiger partial charge in [-0.25, -0.2) is 27.1 Å². The molecule has 0 spiro atoms. The fraction of sp³-hybridized carbons (Fsp3) is 0.130. The molecule has 0 fully saturated rings. The Morgan fingerprint density at radius 2 is 1.17 bits per heavy atom. The molecule has 0 bridgehead atoms. The quantitative estimate of drug-likeness (QED) is 0.314. The molecule has 2 amide bonds. The molecule has 11 nitrogen and oxygen atoms in total. The van der Waals surface area contributed by atoms with Gasteiger partial charge >= 0.3 is 0 Å². The predicted molar refractivity (Wildman–Crippen MR) is 131 cm³/mol. The molecule has 0 unspecified atom stereocenters. The summed E-state index contributed by atoms with van der Waals surface area (Å²) in [4.78, 5) is 25.4. The Morgan fingerprint density at radius 1 is 0.722 bits per heavy atom. The molecule has 13 heteroatoms. The van der Waals surface area contributed by atoms with Crippen LogP contribution in [0.5, 0.6) is 5.75 Å². The number of hydrogen-bond acceptors (Lipinski definition) is 7. The minimum atomic E-state index is -3.82. The van der Waals surface area contributed by atoms with Crippen molar-refractivity contribution in [2.75, 3.05) is 7.11 Å². The smallest absolute Gasteiger partial charge is 0.255 e. The third kappa shape index (κ3) is 6.88. The number of nitrogens with two attached hydrogens (primary N) is 2. The fourth-order valence-corrected chi connectivity index (χ4v) is 4.21. The molecule has 190 valence electrons. The first-order valence-electron chi connectivity index (χ1n) is 10.4. The Bertz CT molecular complexity index is 1490. The number of sulfonamides is 2. The highest BCUT2D eigenvalue weighted by Gasteiger charge is 2.16. The van der Waals surface area contributed by atoms with Crippen LogP contribution in [0.15, 0.2) is 76.5 Å². The van der Waals surface area contributed by atoms with Gasteiger partial charge in [0, 0.05) is 18.7 Å². The summed E-state index contributed by atoms with van der Waals surface area (Å²) in [7, 11) is -6.24. The zero-order valence-corrected chi connectivity index (χ0v) is 20.7. The fourth-order valence-electron chi connectivity index (χ4n) is 3.18. The van der Waals surface area contributed by atoms with Crippen LogP contribution in [0.4, 0.5) is 0 Å². The summed E-state index contributed by atoms with van der Waals surface area (Å²) in [5.41, 5.74) is 1.62. The van der Waals surface area contributed by atoms with E-state index in [9.17, 15) is 26.4 Å². The lowest BCUT2D eigenvalue weighted by atomic mass is 10.1. The summed E-state index contributed by atoms with van der Waals surface area (Å²) in [6, 6.07) is 15.8. The number of hydrogen-bond donors (Lipinski definition) is 4. The average Bonchev–Trinajstić information content (AvgIpc) is 2.84. The summed E-state index contributed by atoms with van der Waals surface area (Å²) >= 11 is 0. The molecule has 36 heavy (non-hydrogen) atoms. The second-order valence-electron chi connectivity index (χ2n) is 7.66. The highest BCUT2D eigenvalue weighted by molar-refractivity contribution is 7.89. The topological polar surface area (TPSA) is 188 Å². The normalized spacial score (nSPS) is 11.5. The second kappa shape index (κ2) is 10.9. The lowest BCUT2D eigenvalue weighted by Crippen LogP contribution is -2.26. The first kappa shape index (κ1) is 26.8. The zero-order chi connectivity index (χ0) is 26.5. The maximum absolute atomic E-state index is 12.8. The molecule has 3 aromatic rings. The van der Waals surface area contributed by atoms with Crippen molar-refractivity contribution >= 4 is 31.9 Å². The first-order valence-corrected chi connectivity index (χ1v) is 13.5. The maximum atomic E-state index is 12.8. The van der Waals surface area contributed by atoms with Gasteiger partial charge in [0.15, 0.2) is 0 Å². The third-order valence-corrected chi connectivity index (χ3v) is 6.97. The van der Waals surface area contributed by atoms with Gasteiger partial charge < -0.3 is 15.4 Å². The standard InChI is InChI=1S/C23H24N4O7S2/c1-34-21-11-6-17(22(28)26-13-15-2-7-18(8-3-15)35(24,30)31)12-20(21)23(29)27-14-16-4-9-19(10-5-16)36(25,32)33/h2-12H,13-14H2,1H3,(H,26,28)(H,27,29)(H2,24,30,31)(H2,25,32,33). The van der Waals surface area contributed by atoms with Crippen LogP contribution in [0.2, 0.25) is 0 Å². The number of methoxy groups -OCH3 is 1. The number of amides is 2. The van der Waals surface area contributed by atoms with Crippen LogP contribution in [0.3, 0.4) is 0 Å². The molecule has 0 aliphatic rings. The number of carbonyl (C=O) groups excluding carboxylic acids is 2. The van der Waals surface area contributed by atoms with E-state index in [2.05, 4.69) is 10.6 Å². The van der Waals surface area contributed by atoms with Crippen molar-refractivity contribution in [2.45, 2.75) is 22.9 Å². The lowest BCUT2D eigenvalue weighted by Gasteiger charge is -2.12. The van der Waals surface area contributed by atoms with Crippen molar-refractivity contribution in [1.82, 2.24) is 10.6 Å². The van der Waals surface area contributed by atoms with Gasteiger partial charge in [0.2, 0.25) is 20.0 Å². The Hall–Kier alpha value is -3.78. The molecule has 0 heterocycles. The van der Waals surface area contributed by atoms with Gasteiger partial charge in [-0.15, -0.1) is 0 Å². The van der Waals surface area contributed by atoms with E-state index in [4.69, 9.17) is 15.0 Å². The van der Waals surface area contributed by atoms with Crippen LogP contribution in [-0.2, 0) is 33.1 Å². The monoisotopic (exact) mass is 532 g/mol. The number of nitrogens with one attached hydrogen (secondary N) is 2. The number of ether oxygens (including phenoxy) is 1. The van der Waals surface area contributed by atoms with Gasteiger partial charge in [-0.1, -0.05) is 24.3 Å². The summed E-state index contributed by atoms with van der Waals surface area (Å²) in [5.74, 6) is -0.705. The zero-order valence-electron chi connectivity index (χ0n) is 19.1. The first-order chi connectivity index (χ1) is 16.9. The van der Waals surface area contributed by atoms with E-state index in [1.54, 1.807) is 0 Å². The van der Waals surface area contributed by atoms with Gasteiger partial charge in [0.1, 0.15) is 5.75 Å². The van der Waals surface area contributed by atoms with Crippen LogP contribution in [-0.4, -0.2) is 35.8 Å². The van der Waals surface area contributed by atoms with Crippen molar-refractivity contribution in [3.8, 4) is 5.75 Å². The molecular formula is C23H24N4O7S2. The van der Waals surface area contributed by atoms with Gasteiger partial charge in [0.25, 0.3) is 11.8 Å². The lowest BCUT2D eigenvalue weighted by molar-refractivity contribution is 0.0947. The molecule has 0 aliphatic heterocycles. The minimum Gasteiger partial charge on any atom is -0.496 e. The number of benzene rings is 3. The Labute approximate surface area is 208 Å². The molecule has 0 saturated carbocycles. The van der Waals surface area contributed by atoms with Crippen LogP contribution < -0.4 is 25.6 Å². The van der Waals surface area contributed by atoms with Crippen LogP contribution in [0.1, 0.15) is 31.8 Å². The Balaban J connectivity index is 1.67. The predicted octanol–water partition coefficient (Wildman–Crippen LogP) is 0.850. The van der Waals surface area contributed by atoms with E-state index < -0.39 is 31.9 Å². The third-order valence-electron chi connectivity index (χ3n) is 5.12. The molecule has 0 aromatic heterocycles. The highest BCUT2D eigenvalue weighted by Crippen LogP contribution is 2.20. The molecule has 0 radical (unpaired) electrons. The molecule has 6 N–H and O–H groups in total. The van der Waals surface area contributed by atoms with Crippen molar-refractivity contribution in [3.05, 3.63) is 89.0 Å². The molecular weight excluding hydrogens is 508 g/mol. The number of carbonyl (C=O) groups is 2. The molecule has 0 aliphatic carbocycles. The van der Waals surface area contributed by atoms with Crippen molar-refractivity contribution in [1.29, 1.82) is 0 Å². The van der Waals surface area contributed by atoms with Crippen LogP contribution >= 0.6 is 0 Å². The average molecular weight is 533 g/mol. The SMILES string of the molecule is COc1ccc(C(=O)NCc2ccc(S(N)(=O)=O)cc2)cc1C(=O)NCc1ccc(S(N)(=O)=O)cc1. The molecule has 3 rings (SSSR count). The van der Waals surface area contributed by atoms with E-state index in [0.29, 0.717) is 11.1 Å². The van der Waals surface area contributed by atoms with Crippen molar-refractivity contribution in [2.24, 2.45) is 10.3 Å². The van der Waals surface area contributed by atoms with E-state index in [1.807, 2.05) is 0 Å². The summed E-state index contributed by atoms with van der Waals surface area (Å²) < 4.78 is 50.7. The van der Waals surface area contributed by atoms with Gasteiger partial charge in [-0.05, 0) is 53.6 Å². The molecule has 3 aromatic carbocycles. The van der Waals surface area contributed by atoms with Gasteiger partial charge in [-0.3, -0.25) is 9.59 Å². The van der Waals surface area contributed by atoms with E-state index in [1.165, 1.54) is 73.8 Å². The highest BCUT2D eigenvalue weighted by atomic mass is 32.2.